The van der Waals surface area contributed by atoms with Gasteiger partial charge < -0.3 is 14.4 Å². The van der Waals surface area contributed by atoms with E-state index in [4.69, 9.17) is 9.47 Å². The third kappa shape index (κ3) is 2.63. The van der Waals surface area contributed by atoms with Crippen LogP contribution < -0.4 is 0 Å². The highest BCUT2D eigenvalue weighted by molar-refractivity contribution is 5.95. The van der Waals surface area contributed by atoms with Crippen molar-refractivity contribution in [2.24, 2.45) is 0 Å². The predicted molar refractivity (Wildman–Crippen MR) is 77.6 cm³/mol. The van der Waals surface area contributed by atoms with E-state index in [9.17, 15) is 9.18 Å². The highest BCUT2D eigenvalue weighted by Gasteiger charge is 2.37. The molecular formula is C15H22FN3O3. The maximum Gasteiger partial charge on any atom is 0.272 e. The van der Waals surface area contributed by atoms with Crippen LogP contribution in [-0.2, 0) is 22.4 Å². The summed E-state index contributed by atoms with van der Waals surface area (Å²) in [6.07, 6.45) is -0.351. The van der Waals surface area contributed by atoms with Crippen LogP contribution in [-0.4, -0.2) is 59.7 Å². The van der Waals surface area contributed by atoms with E-state index in [2.05, 4.69) is 5.10 Å². The molecule has 0 aliphatic carbocycles. The molecule has 0 saturated carbocycles. The number of methoxy groups -OCH3 is 1. The van der Waals surface area contributed by atoms with E-state index in [1.54, 1.807) is 11.8 Å². The molecule has 0 N–H and O–H groups in total. The highest BCUT2D eigenvalue weighted by Crippen LogP contribution is 2.32. The zero-order valence-electron chi connectivity index (χ0n) is 13.2. The van der Waals surface area contributed by atoms with Crippen LogP contribution in [0.5, 0.6) is 0 Å². The van der Waals surface area contributed by atoms with Crippen molar-refractivity contribution >= 4 is 5.91 Å². The number of alkyl halides is 1. The average molecular weight is 311 g/mol. The SMILES string of the molecule is COCCn1nc2c(c1C(=O)N1CC(F)C1)C[C@H](C)O[C@@H]2C. The van der Waals surface area contributed by atoms with Gasteiger partial charge in [0.1, 0.15) is 11.9 Å². The van der Waals surface area contributed by atoms with Crippen molar-refractivity contribution in [2.45, 2.75) is 45.2 Å². The van der Waals surface area contributed by atoms with E-state index in [-0.39, 0.29) is 31.2 Å². The van der Waals surface area contributed by atoms with E-state index in [0.717, 1.165) is 11.3 Å². The van der Waals surface area contributed by atoms with E-state index in [1.807, 2.05) is 13.8 Å². The smallest absolute Gasteiger partial charge is 0.272 e. The van der Waals surface area contributed by atoms with Crippen LogP contribution in [0.15, 0.2) is 0 Å². The molecule has 7 heteroatoms. The summed E-state index contributed by atoms with van der Waals surface area (Å²) in [6, 6.07) is 0. The molecule has 0 radical (unpaired) electrons. The molecule has 1 saturated heterocycles. The average Bonchev–Trinajstić information content (AvgIpc) is 2.79. The second kappa shape index (κ2) is 5.96. The van der Waals surface area contributed by atoms with E-state index in [0.29, 0.717) is 25.3 Å². The van der Waals surface area contributed by atoms with Gasteiger partial charge in [0.2, 0.25) is 0 Å². The quantitative estimate of drug-likeness (QED) is 0.842. The van der Waals surface area contributed by atoms with Gasteiger partial charge in [0.15, 0.2) is 0 Å². The lowest BCUT2D eigenvalue weighted by Crippen LogP contribution is -2.52. The Labute approximate surface area is 129 Å². The first-order valence-electron chi connectivity index (χ1n) is 7.68. The number of fused-ring (bicyclic) bond motifs is 1. The van der Waals surface area contributed by atoms with Crippen molar-refractivity contribution in [3.05, 3.63) is 17.0 Å². The van der Waals surface area contributed by atoms with Crippen molar-refractivity contribution in [1.29, 1.82) is 0 Å². The summed E-state index contributed by atoms with van der Waals surface area (Å²) in [7, 11) is 1.61. The van der Waals surface area contributed by atoms with Gasteiger partial charge in [0.05, 0.1) is 44.1 Å². The van der Waals surface area contributed by atoms with Crippen LogP contribution >= 0.6 is 0 Å². The van der Waals surface area contributed by atoms with Crippen molar-refractivity contribution < 1.29 is 18.7 Å². The van der Waals surface area contributed by atoms with Crippen molar-refractivity contribution in [3.8, 4) is 0 Å². The summed E-state index contributed by atoms with van der Waals surface area (Å²) in [6.45, 7) is 5.24. The van der Waals surface area contributed by atoms with E-state index < -0.39 is 6.17 Å². The van der Waals surface area contributed by atoms with Gasteiger partial charge in [0, 0.05) is 19.1 Å². The van der Waals surface area contributed by atoms with E-state index >= 15 is 0 Å². The van der Waals surface area contributed by atoms with Crippen molar-refractivity contribution in [2.75, 3.05) is 26.8 Å². The first-order chi connectivity index (χ1) is 10.5. The summed E-state index contributed by atoms with van der Waals surface area (Å²) in [5.74, 6) is -0.139. The minimum atomic E-state index is -0.906. The van der Waals surface area contributed by atoms with Gasteiger partial charge in [-0.15, -0.1) is 0 Å². The van der Waals surface area contributed by atoms with Crippen LogP contribution in [0.1, 0.15) is 41.7 Å². The van der Waals surface area contributed by atoms with Crippen LogP contribution in [0.25, 0.3) is 0 Å². The number of carbonyl (C=O) groups is 1. The molecule has 1 fully saturated rings. The third-order valence-corrected chi connectivity index (χ3v) is 4.23. The lowest BCUT2D eigenvalue weighted by Gasteiger charge is -2.35. The molecule has 3 rings (SSSR count). The number of carbonyl (C=O) groups excluding carboxylic acids is 1. The number of aromatic nitrogens is 2. The fourth-order valence-electron chi connectivity index (χ4n) is 3.11. The molecule has 2 aliphatic heterocycles. The lowest BCUT2D eigenvalue weighted by molar-refractivity contribution is -0.00730. The standard InChI is InChI=1S/C15H22FN3O3/c1-9-6-12-13(10(2)22-9)17-19(4-5-21-3)14(12)15(20)18-7-11(16)8-18/h9-11H,4-8H2,1-3H3/t9-,10+/m0/s1. The number of rotatable bonds is 4. The Morgan fingerprint density at radius 2 is 2.18 bits per heavy atom. The first-order valence-corrected chi connectivity index (χ1v) is 7.68. The Hall–Kier alpha value is -1.47. The summed E-state index contributed by atoms with van der Waals surface area (Å²) in [5, 5.41) is 4.56. The molecule has 0 unspecified atom stereocenters. The van der Waals surface area contributed by atoms with E-state index in [1.165, 1.54) is 4.90 Å². The minimum absolute atomic E-state index is 0.0411. The van der Waals surface area contributed by atoms with Crippen LogP contribution in [0.2, 0.25) is 0 Å². The van der Waals surface area contributed by atoms with Gasteiger partial charge in [-0.25, -0.2) is 4.39 Å². The predicted octanol–water partition coefficient (Wildman–Crippen LogP) is 1.35. The largest absolute Gasteiger partial charge is 0.383 e. The second-order valence-corrected chi connectivity index (χ2v) is 6.03. The molecular weight excluding hydrogens is 289 g/mol. The minimum Gasteiger partial charge on any atom is -0.383 e. The molecule has 3 heterocycles. The molecule has 0 spiro atoms. The molecule has 0 aromatic carbocycles. The zero-order valence-corrected chi connectivity index (χ0v) is 13.2. The Morgan fingerprint density at radius 3 is 2.82 bits per heavy atom. The Bertz CT molecular complexity index is 569. The number of likely N-dealkylation sites (tertiary alicyclic amines) is 1. The van der Waals surface area contributed by atoms with Crippen LogP contribution in [0.3, 0.4) is 0 Å². The second-order valence-electron chi connectivity index (χ2n) is 6.03. The van der Waals surface area contributed by atoms with Gasteiger partial charge in [-0.2, -0.15) is 5.10 Å². The number of nitrogens with zero attached hydrogens (tertiary/aromatic N) is 3. The summed E-state index contributed by atoms with van der Waals surface area (Å²) < 4.78 is 25.7. The van der Waals surface area contributed by atoms with Gasteiger partial charge >= 0.3 is 0 Å². The molecule has 0 bridgehead atoms. The van der Waals surface area contributed by atoms with Crippen molar-refractivity contribution in [3.63, 3.8) is 0 Å². The topological polar surface area (TPSA) is 56.6 Å². The summed E-state index contributed by atoms with van der Waals surface area (Å²) >= 11 is 0. The fourth-order valence-corrected chi connectivity index (χ4v) is 3.11. The Morgan fingerprint density at radius 1 is 1.45 bits per heavy atom. The third-order valence-electron chi connectivity index (χ3n) is 4.23. The molecule has 1 aromatic rings. The number of halogens is 1. The normalized spacial score (nSPS) is 25.0. The molecule has 6 nitrogen and oxygen atoms in total. The number of hydrogen-bond acceptors (Lipinski definition) is 4. The molecule has 1 aromatic heterocycles. The molecule has 2 atom stereocenters. The lowest BCUT2D eigenvalue weighted by atomic mass is 9.98. The highest BCUT2D eigenvalue weighted by atomic mass is 19.1. The fraction of sp³-hybridized carbons (Fsp3) is 0.733. The number of amides is 1. The molecule has 122 valence electrons. The molecule has 22 heavy (non-hydrogen) atoms. The Balaban J connectivity index is 1.96. The van der Waals surface area contributed by atoms with Crippen LogP contribution in [0, 0.1) is 0 Å². The van der Waals surface area contributed by atoms with Gasteiger partial charge in [-0.1, -0.05) is 0 Å². The Kier molecular flexibility index (Phi) is 4.18. The zero-order chi connectivity index (χ0) is 15.9. The van der Waals surface area contributed by atoms with Crippen molar-refractivity contribution in [1.82, 2.24) is 14.7 Å². The maximum absolute atomic E-state index is 13.1. The number of hydrogen-bond donors (Lipinski definition) is 0. The molecule has 2 aliphatic rings. The summed E-state index contributed by atoms with van der Waals surface area (Å²) in [5.41, 5.74) is 2.32. The maximum atomic E-state index is 13.1. The van der Waals surface area contributed by atoms with Gasteiger partial charge in [-0.3, -0.25) is 9.48 Å². The van der Waals surface area contributed by atoms with Gasteiger partial charge in [-0.05, 0) is 13.8 Å². The first kappa shape index (κ1) is 15.4. The molecule has 1 amide bonds. The van der Waals surface area contributed by atoms with Crippen LogP contribution in [0.4, 0.5) is 4.39 Å². The monoisotopic (exact) mass is 311 g/mol. The number of ether oxygens (including phenoxy) is 2. The van der Waals surface area contributed by atoms with Gasteiger partial charge in [0.25, 0.3) is 5.91 Å². The summed E-state index contributed by atoms with van der Waals surface area (Å²) in [4.78, 5) is 14.3.